The molecule has 2 aromatic carbocycles. The van der Waals surface area contributed by atoms with Crippen molar-refractivity contribution in [3.63, 3.8) is 0 Å². The highest BCUT2D eigenvalue weighted by Crippen LogP contribution is 2.27. The topological polar surface area (TPSA) is 92.0 Å². The number of hydrogen-bond donors (Lipinski definition) is 1. The van der Waals surface area contributed by atoms with Crippen LogP contribution < -0.4 is 9.73 Å². The van der Waals surface area contributed by atoms with E-state index in [9.17, 15) is 13.2 Å². The van der Waals surface area contributed by atoms with E-state index in [1.54, 1.807) is 31.2 Å². The van der Waals surface area contributed by atoms with Crippen molar-refractivity contribution < 1.29 is 17.6 Å². The lowest BCUT2D eigenvalue weighted by molar-refractivity contribution is -0.119. The molecule has 7 nitrogen and oxygen atoms in total. The normalized spacial score (nSPS) is 11.7. The standard InChI is InChI=1S/C23H24BrN3O4S/c1-15-5-8-20(9-6-15)32(29,30)27(22-10-7-16(2)11-17(22)3)14-23(28)26-25-13-19-12-21(24)18(4)31-19/h5-13H,14H2,1-4H3,(H,26,28)/b25-13-. The second-order valence-corrected chi connectivity index (χ2v) is 10.2. The van der Waals surface area contributed by atoms with Crippen LogP contribution in [0.4, 0.5) is 5.69 Å². The fourth-order valence-corrected chi connectivity index (χ4v) is 4.89. The molecule has 0 saturated carbocycles. The number of carbonyl (C=O) groups excluding carboxylic acids is 1. The first-order valence-corrected chi connectivity index (χ1v) is 12.1. The molecule has 3 aromatic rings. The van der Waals surface area contributed by atoms with Gasteiger partial charge in [-0.25, -0.2) is 13.8 Å². The summed E-state index contributed by atoms with van der Waals surface area (Å²) in [6.45, 7) is 6.97. The third kappa shape index (κ3) is 5.46. The zero-order valence-electron chi connectivity index (χ0n) is 18.2. The molecule has 0 atom stereocenters. The maximum atomic E-state index is 13.4. The van der Waals surface area contributed by atoms with Crippen molar-refractivity contribution in [3.05, 3.63) is 81.2 Å². The zero-order valence-corrected chi connectivity index (χ0v) is 20.6. The maximum absolute atomic E-state index is 13.4. The van der Waals surface area contributed by atoms with Crippen LogP contribution in [0.1, 0.15) is 28.2 Å². The molecule has 0 unspecified atom stereocenters. The number of benzene rings is 2. The predicted octanol–water partition coefficient (Wildman–Crippen LogP) is 4.62. The minimum absolute atomic E-state index is 0.107. The van der Waals surface area contributed by atoms with Crippen LogP contribution in [0.3, 0.4) is 0 Å². The Balaban J connectivity index is 1.88. The Morgan fingerprint density at radius 1 is 1.06 bits per heavy atom. The summed E-state index contributed by atoms with van der Waals surface area (Å²) >= 11 is 3.34. The number of sulfonamides is 1. The Bertz CT molecular complexity index is 1250. The van der Waals surface area contributed by atoms with E-state index in [0.29, 0.717) is 17.2 Å². The Morgan fingerprint density at radius 2 is 1.72 bits per heavy atom. The molecule has 3 rings (SSSR count). The highest BCUT2D eigenvalue weighted by molar-refractivity contribution is 9.10. The third-order valence-corrected chi connectivity index (χ3v) is 7.34. The number of amides is 1. The Kier molecular flexibility index (Phi) is 7.20. The molecule has 9 heteroatoms. The molecule has 0 radical (unpaired) electrons. The number of nitrogens with zero attached hydrogens (tertiary/aromatic N) is 2. The van der Waals surface area contributed by atoms with Gasteiger partial charge in [-0.1, -0.05) is 35.4 Å². The molecule has 0 saturated heterocycles. The van der Waals surface area contributed by atoms with Crippen molar-refractivity contribution in [1.82, 2.24) is 5.43 Å². The SMILES string of the molecule is Cc1ccc(S(=O)(=O)N(CC(=O)N/N=C\c2cc(Br)c(C)o2)c2ccc(C)cc2C)cc1. The largest absolute Gasteiger partial charge is 0.459 e. The molecule has 0 spiro atoms. The number of hydrogen-bond acceptors (Lipinski definition) is 5. The van der Waals surface area contributed by atoms with Crippen LogP contribution in [0.25, 0.3) is 0 Å². The lowest BCUT2D eigenvalue weighted by atomic mass is 10.1. The predicted molar refractivity (Wildman–Crippen MR) is 129 cm³/mol. The van der Waals surface area contributed by atoms with E-state index in [1.807, 2.05) is 32.9 Å². The summed E-state index contributed by atoms with van der Waals surface area (Å²) in [5, 5.41) is 3.89. The van der Waals surface area contributed by atoms with Gasteiger partial charge in [0.25, 0.3) is 15.9 Å². The quantitative estimate of drug-likeness (QED) is 0.365. The van der Waals surface area contributed by atoms with E-state index >= 15 is 0 Å². The van der Waals surface area contributed by atoms with Crippen LogP contribution in [0.2, 0.25) is 0 Å². The zero-order chi connectivity index (χ0) is 23.5. The number of nitrogens with one attached hydrogen (secondary N) is 1. The summed E-state index contributed by atoms with van der Waals surface area (Å²) < 4.78 is 34.2. The molecule has 168 valence electrons. The number of anilines is 1. The molecule has 0 bridgehead atoms. The molecular weight excluding hydrogens is 494 g/mol. The summed E-state index contributed by atoms with van der Waals surface area (Å²) in [6, 6.07) is 13.6. The van der Waals surface area contributed by atoms with E-state index in [2.05, 4.69) is 26.5 Å². The average molecular weight is 518 g/mol. The van der Waals surface area contributed by atoms with Gasteiger partial charge in [0, 0.05) is 6.07 Å². The first-order valence-electron chi connectivity index (χ1n) is 9.82. The fraction of sp³-hybridized carbons (Fsp3) is 0.217. The number of furan rings is 1. The second kappa shape index (κ2) is 9.70. The van der Waals surface area contributed by atoms with Crippen LogP contribution in [0, 0.1) is 27.7 Å². The van der Waals surface area contributed by atoms with Crippen molar-refractivity contribution in [1.29, 1.82) is 0 Å². The van der Waals surface area contributed by atoms with E-state index in [1.165, 1.54) is 18.3 Å². The van der Waals surface area contributed by atoms with Gasteiger partial charge in [0.2, 0.25) is 0 Å². The molecule has 0 aliphatic heterocycles. The summed E-state index contributed by atoms with van der Waals surface area (Å²) in [5.41, 5.74) is 5.48. The van der Waals surface area contributed by atoms with Crippen LogP contribution >= 0.6 is 15.9 Å². The van der Waals surface area contributed by atoms with Gasteiger partial charge in [-0.15, -0.1) is 0 Å². The number of aryl methyl sites for hydroxylation is 4. The molecule has 1 aromatic heterocycles. The summed E-state index contributed by atoms with van der Waals surface area (Å²) in [4.78, 5) is 12.7. The second-order valence-electron chi connectivity index (χ2n) is 7.46. The van der Waals surface area contributed by atoms with Gasteiger partial charge in [0.05, 0.1) is 21.3 Å². The number of rotatable bonds is 7. The Hall–Kier alpha value is -2.91. The van der Waals surface area contributed by atoms with Gasteiger partial charge in [-0.3, -0.25) is 9.10 Å². The molecule has 1 heterocycles. The van der Waals surface area contributed by atoms with Crippen molar-refractivity contribution in [2.45, 2.75) is 32.6 Å². The van der Waals surface area contributed by atoms with Crippen molar-refractivity contribution >= 4 is 43.8 Å². The average Bonchev–Trinajstić information content (AvgIpc) is 3.04. The lowest BCUT2D eigenvalue weighted by Crippen LogP contribution is -2.40. The highest BCUT2D eigenvalue weighted by Gasteiger charge is 2.28. The number of halogens is 1. The molecule has 1 amide bonds. The van der Waals surface area contributed by atoms with Gasteiger partial charge < -0.3 is 4.42 Å². The fourth-order valence-electron chi connectivity index (χ4n) is 3.10. The molecule has 0 fully saturated rings. The molecule has 1 N–H and O–H groups in total. The Morgan fingerprint density at radius 3 is 2.31 bits per heavy atom. The van der Waals surface area contributed by atoms with Crippen LogP contribution in [0.5, 0.6) is 0 Å². The maximum Gasteiger partial charge on any atom is 0.264 e. The lowest BCUT2D eigenvalue weighted by Gasteiger charge is -2.25. The number of carbonyl (C=O) groups is 1. The first kappa shape index (κ1) is 23.7. The van der Waals surface area contributed by atoms with Crippen molar-refractivity contribution in [3.8, 4) is 0 Å². The molecule has 0 aliphatic rings. The highest BCUT2D eigenvalue weighted by atomic mass is 79.9. The third-order valence-electron chi connectivity index (χ3n) is 4.77. The van der Waals surface area contributed by atoms with Crippen LogP contribution in [-0.2, 0) is 14.8 Å². The van der Waals surface area contributed by atoms with Gasteiger partial charge >= 0.3 is 0 Å². The summed E-state index contributed by atoms with van der Waals surface area (Å²) in [7, 11) is -3.98. The molecule has 32 heavy (non-hydrogen) atoms. The minimum atomic E-state index is -3.98. The first-order chi connectivity index (χ1) is 15.1. The van der Waals surface area contributed by atoms with Gasteiger partial charge in [-0.05, 0) is 67.4 Å². The van der Waals surface area contributed by atoms with Gasteiger partial charge in [0.15, 0.2) is 0 Å². The van der Waals surface area contributed by atoms with Crippen LogP contribution in [0.15, 0.2) is 67.4 Å². The van der Waals surface area contributed by atoms with E-state index in [-0.39, 0.29) is 4.90 Å². The van der Waals surface area contributed by atoms with Crippen LogP contribution in [-0.4, -0.2) is 27.1 Å². The number of hydrazone groups is 1. The minimum Gasteiger partial charge on any atom is -0.459 e. The Labute approximate surface area is 196 Å². The summed E-state index contributed by atoms with van der Waals surface area (Å²) in [6.07, 6.45) is 1.35. The van der Waals surface area contributed by atoms with E-state index in [4.69, 9.17) is 4.42 Å². The van der Waals surface area contributed by atoms with Gasteiger partial charge in [-0.2, -0.15) is 5.10 Å². The van der Waals surface area contributed by atoms with Gasteiger partial charge in [0.1, 0.15) is 18.1 Å². The van der Waals surface area contributed by atoms with Crippen molar-refractivity contribution in [2.24, 2.45) is 5.10 Å². The molecule has 0 aliphatic carbocycles. The monoisotopic (exact) mass is 517 g/mol. The van der Waals surface area contributed by atoms with E-state index in [0.717, 1.165) is 25.5 Å². The summed E-state index contributed by atoms with van der Waals surface area (Å²) in [5.74, 6) is 0.551. The van der Waals surface area contributed by atoms with Crippen molar-refractivity contribution in [2.75, 3.05) is 10.8 Å². The smallest absolute Gasteiger partial charge is 0.264 e. The van der Waals surface area contributed by atoms with E-state index < -0.39 is 22.5 Å². The molecular formula is C23H24BrN3O4S.